The van der Waals surface area contributed by atoms with Gasteiger partial charge in [0.1, 0.15) is 11.6 Å². The number of nitrogens with one attached hydrogen (secondary N) is 3. The molecule has 1 amide bonds. The maximum atomic E-state index is 12.2. The number of halogens is 1. The number of carbonyl (C=O) groups is 1. The van der Waals surface area contributed by atoms with Crippen molar-refractivity contribution < 1.29 is 9.53 Å². The summed E-state index contributed by atoms with van der Waals surface area (Å²) in [6.45, 7) is 5.27. The van der Waals surface area contributed by atoms with Crippen LogP contribution in [0.5, 0.6) is 5.75 Å². The molecule has 39 heavy (non-hydrogen) atoms. The molecule has 3 N–H and O–H groups in total. The highest BCUT2D eigenvalue weighted by atomic mass is 35.5. The number of amides is 1. The molecule has 0 unspecified atom stereocenters. The van der Waals surface area contributed by atoms with Crippen molar-refractivity contribution in [1.82, 2.24) is 14.9 Å². The second kappa shape index (κ2) is 11.2. The average Bonchev–Trinajstić information content (AvgIpc) is 2.89. The van der Waals surface area contributed by atoms with Crippen molar-refractivity contribution in [2.45, 2.75) is 6.04 Å². The van der Waals surface area contributed by atoms with Crippen LogP contribution in [0.1, 0.15) is 0 Å². The molecule has 2 heterocycles. The Hall–Kier alpha value is -4.34. The first-order valence-electron chi connectivity index (χ1n) is 12.5. The van der Waals surface area contributed by atoms with Gasteiger partial charge in [-0.2, -0.15) is 4.98 Å². The van der Waals surface area contributed by atoms with Gasteiger partial charge in [-0.1, -0.05) is 42.4 Å². The van der Waals surface area contributed by atoms with Crippen LogP contribution in [-0.4, -0.2) is 61.1 Å². The number of aromatic nitrogens is 2. The number of ether oxygens (including phenoxy) is 1. The molecule has 1 saturated heterocycles. The van der Waals surface area contributed by atoms with E-state index in [1.54, 1.807) is 19.4 Å². The van der Waals surface area contributed by atoms with E-state index in [1.807, 2.05) is 48.5 Å². The molecule has 9 nitrogen and oxygen atoms in total. The van der Waals surface area contributed by atoms with Crippen LogP contribution >= 0.6 is 11.6 Å². The number of methoxy groups -OCH3 is 1. The lowest BCUT2D eigenvalue weighted by Crippen LogP contribution is -2.57. The Balaban J connectivity index is 1.41. The molecule has 0 radical (unpaired) electrons. The lowest BCUT2D eigenvalue weighted by atomic mass is 10.0. The number of rotatable bonds is 9. The minimum Gasteiger partial charge on any atom is -0.494 e. The lowest BCUT2D eigenvalue weighted by molar-refractivity contribution is -0.111. The first kappa shape index (κ1) is 26.3. The second-order valence-corrected chi connectivity index (χ2v) is 9.89. The summed E-state index contributed by atoms with van der Waals surface area (Å²) < 4.78 is 5.70. The van der Waals surface area contributed by atoms with Gasteiger partial charge in [-0.15, -0.1) is 0 Å². The smallest absolute Gasteiger partial charge is 0.247 e. The molecule has 10 heteroatoms. The van der Waals surface area contributed by atoms with E-state index < -0.39 is 0 Å². The topological polar surface area (TPSA) is 94.6 Å². The summed E-state index contributed by atoms with van der Waals surface area (Å²) in [6.07, 6.45) is 2.90. The summed E-state index contributed by atoms with van der Waals surface area (Å²) in [5, 5.41) is 12.1. The fraction of sp³-hybridized carbons (Fsp3) is 0.207. The van der Waals surface area contributed by atoms with Gasteiger partial charge in [0, 0.05) is 42.5 Å². The number of hydrogen-bond acceptors (Lipinski definition) is 8. The van der Waals surface area contributed by atoms with Gasteiger partial charge in [-0.25, -0.2) is 4.98 Å². The quantitative estimate of drug-likeness (QED) is 0.233. The van der Waals surface area contributed by atoms with E-state index in [-0.39, 0.29) is 5.91 Å². The Morgan fingerprint density at radius 2 is 1.92 bits per heavy atom. The van der Waals surface area contributed by atoms with Gasteiger partial charge in [-0.3, -0.25) is 4.79 Å². The maximum Gasteiger partial charge on any atom is 0.247 e. The third kappa shape index (κ3) is 5.74. The molecule has 5 rings (SSSR count). The SMILES string of the molecule is C=CC(=O)Nc1cc(Nc2nccc(Nc3cc(Cl)c4ccccc4c3)n2)c(OC)cc1N1CC(N(C)C)C1. The van der Waals surface area contributed by atoms with Crippen molar-refractivity contribution >= 4 is 62.8 Å². The Bertz CT molecular complexity index is 1540. The second-order valence-electron chi connectivity index (χ2n) is 9.48. The molecule has 1 aliphatic heterocycles. The van der Waals surface area contributed by atoms with E-state index in [0.29, 0.717) is 40.0 Å². The van der Waals surface area contributed by atoms with E-state index in [2.05, 4.69) is 56.4 Å². The fourth-order valence-corrected chi connectivity index (χ4v) is 4.74. The summed E-state index contributed by atoms with van der Waals surface area (Å²) in [5.74, 6) is 1.24. The van der Waals surface area contributed by atoms with Crippen LogP contribution in [0.3, 0.4) is 0 Å². The highest BCUT2D eigenvalue weighted by Crippen LogP contribution is 2.40. The minimum absolute atomic E-state index is 0.298. The number of anilines is 6. The number of likely N-dealkylation sites (N-methyl/N-ethyl adjacent to an activating group) is 1. The molecule has 1 aromatic heterocycles. The molecule has 0 aliphatic carbocycles. The van der Waals surface area contributed by atoms with Crippen LogP contribution in [0.2, 0.25) is 5.02 Å². The average molecular weight is 544 g/mol. The maximum absolute atomic E-state index is 12.2. The zero-order valence-corrected chi connectivity index (χ0v) is 22.8. The zero-order chi connectivity index (χ0) is 27.5. The third-order valence-corrected chi connectivity index (χ3v) is 6.99. The molecule has 0 bridgehead atoms. The van der Waals surface area contributed by atoms with E-state index in [9.17, 15) is 4.79 Å². The summed E-state index contributed by atoms with van der Waals surface area (Å²) in [5.41, 5.74) is 2.93. The summed E-state index contributed by atoms with van der Waals surface area (Å²) in [6, 6.07) is 17.8. The van der Waals surface area contributed by atoms with Crippen molar-refractivity contribution in [3.05, 3.63) is 78.5 Å². The van der Waals surface area contributed by atoms with Crippen molar-refractivity contribution in [3.8, 4) is 5.75 Å². The predicted molar refractivity (Wildman–Crippen MR) is 159 cm³/mol. The Kier molecular flexibility index (Phi) is 7.53. The Morgan fingerprint density at radius 1 is 1.13 bits per heavy atom. The minimum atomic E-state index is -0.298. The van der Waals surface area contributed by atoms with Crippen LogP contribution in [-0.2, 0) is 4.79 Å². The van der Waals surface area contributed by atoms with Crippen molar-refractivity contribution in [3.63, 3.8) is 0 Å². The summed E-state index contributed by atoms with van der Waals surface area (Å²) >= 11 is 6.49. The normalized spacial score (nSPS) is 13.2. The van der Waals surface area contributed by atoms with E-state index in [1.165, 1.54) is 6.08 Å². The predicted octanol–water partition coefficient (Wildman–Crippen LogP) is 5.65. The monoisotopic (exact) mass is 543 g/mol. The first-order valence-corrected chi connectivity index (χ1v) is 12.8. The van der Waals surface area contributed by atoms with Crippen LogP contribution in [0.15, 0.2) is 73.4 Å². The molecule has 0 spiro atoms. The standard InChI is InChI=1S/C29H30ClN7O2/c1-5-28(38)33-23-14-24(26(39-4)15-25(23)37-16-20(17-37)36(2)3)34-29-31-11-10-27(35-29)32-19-12-18-8-6-7-9-21(18)22(30)13-19/h5-15,20H,1,16-17H2,2-4H3,(H,33,38)(H2,31,32,34,35). The largest absolute Gasteiger partial charge is 0.494 e. The Labute approximate surface area is 232 Å². The zero-order valence-electron chi connectivity index (χ0n) is 22.0. The first-order chi connectivity index (χ1) is 18.8. The van der Waals surface area contributed by atoms with Gasteiger partial charge in [-0.05, 0) is 49.8 Å². The van der Waals surface area contributed by atoms with Crippen LogP contribution in [0.4, 0.5) is 34.5 Å². The number of hydrogen-bond donors (Lipinski definition) is 3. The van der Waals surface area contributed by atoms with E-state index >= 15 is 0 Å². The highest BCUT2D eigenvalue weighted by Gasteiger charge is 2.31. The molecular formula is C29H30ClN7O2. The summed E-state index contributed by atoms with van der Waals surface area (Å²) in [4.78, 5) is 25.6. The molecule has 3 aromatic carbocycles. The number of benzene rings is 3. The van der Waals surface area contributed by atoms with Crippen LogP contribution in [0, 0.1) is 0 Å². The number of nitrogens with zero attached hydrogens (tertiary/aromatic N) is 4. The van der Waals surface area contributed by atoms with E-state index in [0.717, 1.165) is 35.2 Å². The molecule has 4 aromatic rings. The van der Waals surface area contributed by atoms with Crippen molar-refractivity contribution in [2.24, 2.45) is 0 Å². The number of carbonyl (C=O) groups excluding carboxylic acids is 1. The molecular weight excluding hydrogens is 514 g/mol. The van der Waals surface area contributed by atoms with Gasteiger partial charge >= 0.3 is 0 Å². The third-order valence-electron chi connectivity index (χ3n) is 6.68. The highest BCUT2D eigenvalue weighted by molar-refractivity contribution is 6.35. The van der Waals surface area contributed by atoms with Crippen molar-refractivity contribution in [2.75, 3.05) is 55.1 Å². The fourth-order valence-electron chi connectivity index (χ4n) is 4.45. The molecule has 1 aliphatic rings. The van der Waals surface area contributed by atoms with Gasteiger partial charge in [0.2, 0.25) is 11.9 Å². The lowest BCUT2D eigenvalue weighted by Gasteiger charge is -2.45. The van der Waals surface area contributed by atoms with Crippen LogP contribution in [0.25, 0.3) is 10.8 Å². The number of fused-ring (bicyclic) bond motifs is 1. The van der Waals surface area contributed by atoms with Gasteiger partial charge in [0.05, 0.1) is 29.2 Å². The van der Waals surface area contributed by atoms with Gasteiger partial charge < -0.3 is 30.5 Å². The molecule has 1 fully saturated rings. The molecule has 200 valence electrons. The van der Waals surface area contributed by atoms with E-state index in [4.69, 9.17) is 16.3 Å². The summed E-state index contributed by atoms with van der Waals surface area (Å²) in [7, 11) is 5.73. The Morgan fingerprint density at radius 3 is 2.67 bits per heavy atom. The molecule has 0 atom stereocenters. The van der Waals surface area contributed by atoms with Gasteiger partial charge in [0.25, 0.3) is 0 Å². The van der Waals surface area contributed by atoms with Gasteiger partial charge in [0.15, 0.2) is 0 Å². The van der Waals surface area contributed by atoms with Crippen molar-refractivity contribution in [1.29, 1.82) is 0 Å². The molecule has 0 saturated carbocycles. The van der Waals surface area contributed by atoms with Crippen LogP contribution < -0.4 is 25.6 Å².